The zero-order valence-corrected chi connectivity index (χ0v) is 13.6. The molecule has 5 heteroatoms. The number of rotatable bonds is 6. The standard InChI is InChI=1S/C18H22N2O3/c1-11-16(13(3)21)12(2)20-17(11)18(23)19-10-9-15(22)14-7-5-4-6-8-14/h4-8,15,20,22H,9-10H2,1-3H3,(H,19,23). The van der Waals surface area contributed by atoms with Crippen molar-refractivity contribution in [3.05, 3.63) is 58.4 Å². The fraction of sp³-hybridized carbons (Fsp3) is 0.333. The summed E-state index contributed by atoms with van der Waals surface area (Å²) < 4.78 is 0. The Kier molecular flexibility index (Phi) is 5.34. The van der Waals surface area contributed by atoms with Gasteiger partial charge in [0.15, 0.2) is 5.78 Å². The zero-order chi connectivity index (χ0) is 17.0. The first-order valence-corrected chi connectivity index (χ1v) is 7.63. The van der Waals surface area contributed by atoms with Crippen LogP contribution in [-0.2, 0) is 0 Å². The molecule has 0 spiro atoms. The Morgan fingerprint density at radius 3 is 2.43 bits per heavy atom. The molecule has 3 N–H and O–H groups in total. The van der Waals surface area contributed by atoms with Crippen LogP contribution >= 0.6 is 0 Å². The van der Waals surface area contributed by atoms with E-state index >= 15 is 0 Å². The summed E-state index contributed by atoms with van der Waals surface area (Å²) in [5, 5.41) is 12.9. The highest BCUT2D eigenvalue weighted by atomic mass is 16.3. The summed E-state index contributed by atoms with van der Waals surface area (Å²) in [6.45, 7) is 5.37. The molecule has 5 nitrogen and oxygen atoms in total. The van der Waals surface area contributed by atoms with E-state index in [0.29, 0.717) is 35.5 Å². The molecule has 1 heterocycles. The number of aromatic amines is 1. The molecule has 0 radical (unpaired) electrons. The molecule has 1 amide bonds. The molecule has 2 aromatic rings. The number of Topliss-reactive ketones (excluding diaryl/α,β-unsaturated/α-hetero) is 1. The van der Waals surface area contributed by atoms with Gasteiger partial charge in [-0.15, -0.1) is 0 Å². The summed E-state index contributed by atoms with van der Waals surface area (Å²) in [5.74, 6) is -0.326. The number of amides is 1. The van der Waals surface area contributed by atoms with Gasteiger partial charge < -0.3 is 15.4 Å². The summed E-state index contributed by atoms with van der Waals surface area (Å²) in [6, 6.07) is 9.33. The van der Waals surface area contributed by atoms with Crippen LogP contribution in [0.25, 0.3) is 0 Å². The summed E-state index contributed by atoms with van der Waals surface area (Å²) in [5.41, 5.74) is 3.16. The lowest BCUT2D eigenvalue weighted by Crippen LogP contribution is -2.26. The summed E-state index contributed by atoms with van der Waals surface area (Å²) >= 11 is 0. The number of H-pyrrole nitrogens is 1. The maximum atomic E-state index is 12.2. The second-order valence-electron chi connectivity index (χ2n) is 5.65. The molecule has 0 bridgehead atoms. The van der Waals surface area contributed by atoms with Crippen LogP contribution < -0.4 is 5.32 Å². The van der Waals surface area contributed by atoms with Crippen molar-refractivity contribution in [3.63, 3.8) is 0 Å². The highest BCUT2D eigenvalue weighted by molar-refractivity contribution is 6.02. The number of hydrogen-bond acceptors (Lipinski definition) is 3. The van der Waals surface area contributed by atoms with Crippen LogP contribution in [0.4, 0.5) is 0 Å². The number of aromatic nitrogens is 1. The Labute approximate surface area is 135 Å². The van der Waals surface area contributed by atoms with Crippen molar-refractivity contribution in [1.29, 1.82) is 0 Å². The smallest absolute Gasteiger partial charge is 0.268 e. The van der Waals surface area contributed by atoms with E-state index in [1.807, 2.05) is 30.3 Å². The number of carbonyl (C=O) groups excluding carboxylic acids is 2. The van der Waals surface area contributed by atoms with Crippen LogP contribution in [0.2, 0.25) is 0 Å². The molecule has 1 unspecified atom stereocenters. The minimum atomic E-state index is -0.615. The van der Waals surface area contributed by atoms with Crippen LogP contribution in [0.1, 0.15) is 57.1 Å². The van der Waals surface area contributed by atoms with Gasteiger partial charge in [-0.2, -0.15) is 0 Å². The van der Waals surface area contributed by atoms with Crippen LogP contribution in [0.3, 0.4) is 0 Å². The Morgan fingerprint density at radius 1 is 1.22 bits per heavy atom. The van der Waals surface area contributed by atoms with E-state index in [9.17, 15) is 14.7 Å². The van der Waals surface area contributed by atoms with Crippen LogP contribution in [0.5, 0.6) is 0 Å². The number of benzene rings is 1. The van der Waals surface area contributed by atoms with Crippen molar-refractivity contribution >= 4 is 11.7 Å². The fourth-order valence-corrected chi connectivity index (χ4v) is 2.76. The molecule has 1 atom stereocenters. The van der Waals surface area contributed by atoms with Crippen molar-refractivity contribution < 1.29 is 14.7 Å². The lowest BCUT2D eigenvalue weighted by Gasteiger charge is -2.11. The van der Waals surface area contributed by atoms with Gasteiger partial charge in [-0.1, -0.05) is 30.3 Å². The maximum Gasteiger partial charge on any atom is 0.268 e. The second-order valence-corrected chi connectivity index (χ2v) is 5.65. The third-order valence-corrected chi connectivity index (χ3v) is 3.90. The molecular formula is C18H22N2O3. The van der Waals surface area contributed by atoms with Gasteiger partial charge in [0, 0.05) is 17.8 Å². The monoisotopic (exact) mass is 314 g/mol. The number of hydrogen-bond donors (Lipinski definition) is 3. The number of carbonyl (C=O) groups is 2. The van der Waals surface area contributed by atoms with Gasteiger partial charge in [-0.05, 0) is 38.3 Å². The van der Waals surface area contributed by atoms with Crippen LogP contribution in [0, 0.1) is 13.8 Å². The summed E-state index contributed by atoms with van der Waals surface area (Å²) in [4.78, 5) is 26.8. The predicted molar refractivity (Wildman–Crippen MR) is 88.6 cm³/mol. The number of ketones is 1. The molecule has 0 aliphatic heterocycles. The minimum absolute atomic E-state index is 0.0604. The molecule has 0 saturated carbocycles. The van der Waals surface area contributed by atoms with Gasteiger partial charge in [0.25, 0.3) is 5.91 Å². The Morgan fingerprint density at radius 2 is 1.87 bits per heavy atom. The van der Waals surface area contributed by atoms with Gasteiger partial charge in [0.1, 0.15) is 5.69 Å². The Hall–Kier alpha value is -2.40. The molecule has 23 heavy (non-hydrogen) atoms. The molecule has 122 valence electrons. The maximum absolute atomic E-state index is 12.2. The molecular weight excluding hydrogens is 292 g/mol. The topological polar surface area (TPSA) is 82.2 Å². The number of aliphatic hydroxyl groups is 1. The van der Waals surface area contributed by atoms with Crippen LogP contribution in [0.15, 0.2) is 30.3 Å². The highest BCUT2D eigenvalue weighted by Crippen LogP contribution is 2.19. The molecule has 1 aromatic carbocycles. The third-order valence-electron chi connectivity index (χ3n) is 3.90. The quantitative estimate of drug-likeness (QED) is 0.717. The molecule has 2 rings (SSSR count). The minimum Gasteiger partial charge on any atom is -0.388 e. The van der Waals surface area contributed by atoms with Crippen molar-refractivity contribution in [2.45, 2.75) is 33.3 Å². The van der Waals surface area contributed by atoms with E-state index in [0.717, 1.165) is 5.56 Å². The Bertz CT molecular complexity index is 705. The molecule has 0 saturated heterocycles. The average molecular weight is 314 g/mol. The lowest BCUT2D eigenvalue weighted by molar-refractivity contribution is 0.0937. The van der Waals surface area contributed by atoms with Crippen LogP contribution in [-0.4, -0.2) is 28.3 Å². The van der Waals surface area contributed by atoms with Gasteiger partial charge in [0.2, 0.25) is 0 Å². The SMILES string of the molecule is CC(=O)c1c(C)[nH]c(C(=O)NCCC(O)c2ccccc2)c1C. The van der Waals surface area contributed by atoms with Crippen molar-refractivity contribution in [2.24, 2.45) is 0 Å². The van der Waals surface area contributed by atoms with E-state index in [2.05, 4.69) is 10.3 Å². The Balaban J connectivity index is 1.96. The number of aliphatic hydroxyl groups excluding tert-OH is 1. The van der Waals surface area contributed by atoms with Crippen molar-refractivity contribution in [1.82, 2.24) is 10.3 Å². The average Bonchev–Trinajstić information content (AvgIpc) is 2.82. The fourth-order valence-electron chi connectivity index (χ4n) is 2.76. The highest BCUT2D eigenvalue weighted by Gasteiger charge is 2.19. The van der Waals surface area contributed by atoms with E-state index in [1.165, 1.54) is 6.92 Å². The van der Waals surface area contributed by atoms with Gasteiger partial charge in [0.05, 0.1) is 6.10 Å². The van der Waals surface area contributed by atoms with Crippen molar-refractivity contribution in [3.8, 4) is 0 Å². The molecule has 0 aliphatic rings. The first kappa shape index (κ1) is 17.0. The normalized spacial score (nSPS) is 12.0. The molecule has 1 aromatic heterocycles. The number of nitrogens with one attached hydrogen (secondary N) is 2. The van der Waals surface area contributed by atoms with E-state index in [1.54, 1.807) is 13.8 Å². The first-order chi connectivity index (χ1) is 10.9. The van der Waals surface area contributed by atoms with E-state index < -0.39 is 6.10 Å². The lowest BCUT2D eigenvalue weighted by atomic mass is 10.1. The van der Waals surface area contributed by atoms with Gasteiger partial charge in [-0.3, -0.25) is 9.59 Å². The largest absolute Gasteiger partial charge is 0.388 e. The zero-order valence-electron chi connectivity index (χ0n) is 13.6. The number of aryl methyl sites for hydroxylation is 1. The predicted octanol–water partition coefficient (Wildman–Crippen LogP) is 2.69. The van der Waals surface area contributed by atoms with Gasteiger partial charge >= 0.3 is 0 Å². The molecule has 0 aliphatic carbocycles. The summed E-state index contributed by atoms with van der Waals surface area (Å²) in [6.07, 6.45) is -0.190. The second kappa shape index (κ2) is 7.24. The van der Waals surface area contributed by atoms with E-state index in [4.69, 9.17) is 0 Å². The third kappa shape index (κ3) is 3.87. The first-order valence-electron chi connectivity index (χ1n) is 7.63. The van der Waals surface area contributed by atoms with Gasteiger partial charge in [-0.25, -0.2) is 0 Å². The molecule has 0 fully saturated rings. The van der Waals surface area contributed by atoms with E-state index in [-0.39, 0.29) is 11.7 Å². The van der Waals surface area contributed by atoms with Crippen molar-refractivity contribution in [2.75, 3.05) is 6.54 Å². The summed E-state index contributed by atoms with van der Waals surface area (Å²) in [7, 11) is 0.